The lowest BCUT2D eigenvalue weighted by Gasteiger charge is -2.20. The SMILES string of the molecule is CCOC(=O)CC(O)C(O)c1ccccc1NC(C)=O. The minimum absolute atomic E-state index is 0.212. The van der Waals surface area contributed by atoms with E-state index in [1.807, 2.05) is 0 Å². The lowest BCUT2D eigenvalue weighted by Crippen LogP contribution is -2.24. The number of rotatable bonds is 6. The Morgan fingerprint density at radius 2 is 1.95 bits per heavy atom. The summed E-state index contributed by atoms with van der Waals surface area (Å²) in [5, 5.41) is 22.5. The molecule has 0 radical (unpaired) electrons. The number of aliphatic hydroxyl groups excluding tert-OH is 2. The van der Waals surface area contributed by atoms with Gasteiger partial charge in [0.1, 0.15) is 6.10 Å². The Hall–Kier alpha value is -1.92. The number of nitrogens with one attached hydrogen (secondary N) is 1. The van der Waals surface area contributed by atoms with Crippen LogP contribution in [0.25, 0.3) is 0 Å². The molecule has 0 aliphatic carbocycles. The molecule has 0 saturated heterocycles. The Morgan fingerprint density at radius 3 is 2.55 bits per heavy atom. The first-order valence-corrected chi connectivity index (χ1v) is 6.34. The zero-order chi connectivity index (χ0) is 15.1. The van der Waals surface area contributed by atoms with Crippen molar-refractivity contribution >= 4 is 17.6 Å². The molecule has 0 aliphatic rings. The quantitative estimate of drug-likeness (QED) is 0.676. The molecular formula is C14H19NO5. The van der Waals surface area contributed by atoms with E-state index >= 15 is 0 Å². The largest absolute Gasteiger partial charge is 0.466 e. The number of esters is 1. The highest BCUT2D eigenvalue weighted by atomic mass is 16.5. The molecular weight excluding hydrogens is 262 g/mol. The normalized spacial score (nSPS) is 13.4. The van der Waals surface area contributed by atoms with Crippen molar-refractivity contribution in [3.05, 3.63) is 29.8 Å². The predicted octanol–water partition coefficient (Wildman–Crippen LogP) is 0.993. The summed E-state index contributed by atoms with van der Waals surface area (Å²) in [7, 11) is 0. The first kappa shape index (κ1) is 16.1. The van der Waals surface area contributed by atoms with E-state index in [1.54, 1.807) is 31.2 Å². The molecule has 1 rings (SSSR count). The molecule has 3 N–H and O–H groups in total. The Bertz CT molecular complexity index is 474. The first-order valence-electron chi connectivity index (χ1n) is 6.34. The maximum atomic E-state index is 11.3. The van der Waals surface area contributed by atoms with Gasteiger partial charge in [0, 0.05) is 18.2 Å². The molecule has 2 unspecified atom stereocenters. The van der Waals surface area contributed by atoms with Crippen molar-refractivity contribution < 1.29 is 24.5 Å². The van der Waals surface area contributed by atoms with E-state index in [2.05, 4.69) is 5.32 Å². The number of benzene rings is 1. The van der Waals surface area contributed by atoms with E-state index in [9.17, 15) is 19.8 Å². The van der Waals surface area contributed by atoms with Gasteiger partial charge in [0.15, 0.2) is 0 Å². The molecule has 6 heteroatoms. The second-order valence-electron chi connectivity index (χ2n) is 4.29. The standard InChI is InChI=1S/C14H19NO5/c1-3-20-13(18)8-12(17)14(19)10-6-4-5-7-11(10)15-9(2)16/h4-7,12,14,17,19H,3,8H2,1-2H3,(H,15,16). The molecule has 0 fully saturated rings. The van der Waals surface area contributed by atoms with Crippen molar-refractivity contribution in [2.45, 2.75) is 32.5 Å². The highest BCUT2D eigenvalue weighted by Gasteiger charge is 2.24. The van der Waals surface area contributed by atoms with E-state index in [1.165, 1.54) is 6.92 Å². The molecule has 2 atom stereocenters. The van der Waals surface area contributed by atoms with Crippen LogP contribution in [0.5, 0.6) is 0 Å². The molecule has 110 valence electrons. The molecule has 0 spiro atoms. The van der Waals surface area contributed by atoms with Gasteiger partial charge >= 0.3 is 5.97 Å². The van der Waals surface area contributed by atoms with E-state index in [-0.39, 0.29) is 18.9 Å². The third-order valence-electron chi connectivity index (χ3n) is 2.64. The molecule has 1 amide bonds. The number of aliphatic hydroxyl groups is 2. The van der Waals surface area contributed by atoms with Crippen molar-refractivity contribution in [2.24, 2.45) is 0 Å². The van der Waals surface area contributed by atoms with E-state index in [4.69, 9.17) is 4.74 Å². The average molecular weight is 281 g/mol. The summed E-state index contributed by atoms with van der Waals surface area (Å²) >= 11 is 0. The lowest BCUT2D eigenvalue weighted by atomic mass is 10.0. The Labute approximate surface area is 117 Å². The van der Waals surface area contributed by atoms with E-state index in [0.717, 1.165) is 0 Å². The number of amides is 1. The molecule has 6 nitrogen and oxygen atoms in total. The number of carbonyl (C=O) groups excluding carboxylic acids is 2. The molecule has 0 saturated carbocycles. The lowest BCUT2D eigenvalue weighted by molar-refractivity contribution is -0.147. The highest BCUT2D eigenvalue weighted by molar-refractivity contribution is 5.89. The molecule has 0 aromatic heterocycles. The number of hydrogen-bond donors (Lipinski definition) is 3. The van der Waals surface area contributed by atoms with Crippen LogP contribution in [-0.2, 0) is 14.3 Å². The summed E-state index contributed by atoms with van der Waals surface area (Å²) < 4.78 is 4.71. The van der Waals surface area contributed by atoms with Crippen LogP contribution in [-0.4, -0.2) is 34.8 Å². The van der Waals surface area contributed by atoms with Crippen LogP contribution in [0, 0.1) is 0 Å². The summed E-state index contributed by atoms with van der Waals surface area (Å²) in [6.45, 7) is 3.22. The zero-order valence-electron chi connectivity index (χ0n) is 11.5. The summed E-state index contributed by atoms with van der Waals surface area (Å²) in [5.74, 6) is -0.874. The van der Waals surface area contributed by atoms with Gasteiger partial charge in [-0.2, -0.15) is 0 Å². The molecule has 0 aliphatic heterocycles. The van der Waals surface area contributed by atoms with E-state index in [0.29, 0.717) is 11.3 Å². The van der Waals surface area contributed by atoms with E-state index < -0.39 is 18.2 Å². The van der Waals surface area contributed by atoms with Gasteiger partial charge in [-0.05, 0) is 13.0 Å². The second kappa shape index (κ2) is 7.62. The maximum Gasteiger partial charge on any atom is 0.308 e. The topological polar surface area (TPSA) is 95.9 Å². The summed E-state index contributed by atoms with van der Waals surface area (Å²) in [6, 6.07) is 6.54. The van der Waals surface area contributed by atoms with Gasteiger partial charge < -0.3 is 20.3 Å². The zero-order valence-corrected chi connectivity index (χ0v) is 11.5. The molecule has 0 bridgehead atoms. The van der Waals surface area contributed by atoms with Crippen LogP contribution in [0.1, 0.15) is 31.9 Å². The number of anilines is 1. The van der Waals surface area contributed by atoms with Crippen molar-refractivity contribution in [1.82, 2.24) is 0 Å². The molecule has 1 aromatic carbocycles. The van der Waals surface area contributed by atoms with Crippen LogP contribution in [0.3, 0.4) is 0 Å². The monoisotopic (exact) mass is 281 g/mol. The Morgan fingerprint density at radius 1 is 1.30 bits per heavy atom. The van der Waals surface area contributed by atoms with Gasteiger partial charge in [-0.1, -0.05) is 18.2 Å². The first-order chi connectivity index (χ1) is 9.45. The second-order valence-corrected chi connectivity index (χ2v) is 4.29. The third-order valence-corrected chi connectivity index (χ3v) is 2.64. The van der Waals surface area contributed by atoms with Gasteiger partial charge in [0.2, 0.25) is 5.91 Å². The van der Waals surface area contributed by atoms with Crippen LogP contribution >= 0.6 is 0 Å². The number of carbonyl (C=O) groups is 2. The summed E-state index contributed by atoms with van der Waals surface area (Å²) in [6.07, 6.45) is -2.91. The van der Waals surface area contributed by atoms with Gasteiger partial charge in [-0.25, -0.2) is 0 Å². The highest BCUT2D eigenvalue weighted by Crippen LogP contribution is 2.26. The summed E-state index contributed by atoms with van der Waals surface area (Å²) in [5.41, 5.74) is 0.745. The molecule has 20 heavy (non-hydrogen) atoms. The molecule has 1 aromatic rings. The van der Waals surface area contributed by atoms with Gasteiger partial charge in [-0.15, -0.1) is 0 Å². The minimum Gasteiger partial charge on any atom is -0.466 e. The average Bonchev–Trinajstić information content (AvgIpc) is 2.38. The number of ether oxygens (including phenoxy) is 1. The van der Waals surface area contributed by atoms with Crippen LogP contribution in [0.2, 0.25) is 0 Å². The van der Waals surface area contributed by atoms with Crippen LogP contribution in [0.15, 0.2) is 24.3 Å². The smallest absolute Gasteiger partial charge is 0.308 e. The predicted molar refractivity (Wildman–Crippen MR) is 73.0 cm³/mol. The molecule has 0 heterocycles. The third kappa shape index (κ3) is 4.64. The van der Waals surface area contributed by atoms with Crippen molar-refractivity contribution in [3.8, 4) is 0 Å². The van der Waals surface area contributed by atoms with Crippen molar-refractivity contribution in [2.75, 3.05) is 11.9 Å². The summed E-state index contributed by atoms with van der Waals surface area (Å²) in [4.78, 5) is 22.4. The van der Waals surface area contributed by atoms with Gasteiger partial charge in [-0.3, -0.25) is 9.59 Å². The van der Waals surface area contributed by atoms with Crippen molar-refractivity contribution in [3.63, 3.8) is 0 Å². The number of hydrogen-bond acceptors (Lipinski definition) is 5. The maximum absolute atomic E-state index is 11.3. The Balaban J connectivity index is 2.82. The van der Waals surface area contributed by atoms with Gasteiger partial charge in [0.05, 0.1) is 19.1 Å². The Kier molecular flexibility index (Phi) is 6.14. The van der Waals surface area contributed by atoms with Crippen LogP contribution in [0.4, 0.5) is 5.69 Å². The number of para-hydroxylation sites is 1. The van der Waals surface area contributed by atoms with Gasteiger partial charge in [0.25, 0.3) is 0 Å². The minimum atomic E-state index is -1.30. The van der Waals surface area contributed by atoms with Crippen molar-refractivity contribution in [1.29, 1.82) is 0 Å². The fraction of sp³-hybridized carbons (Fsp3) is 0.429. The van der Waals surface area contributed by atoms with Crippen LogP contribution < -0.4 is 5.32 Å². The fourth-order valence-electron chi connectivity index (χ4n) is 1.77. The fourth-order valence-corrected chi connectivity index (χ4v) is 1.77.